The van der Waals surface area contributed by atoms with Crippen LogP contribution in [0.15, 0.2) is 42.5 Å². The molecule has 0 bridgehead atoms. The predicted molar refractivity (Wildman–Crippen MR) is 125 cm³/mol. The van der Waals surface area contributed by atoms with Crippen LogP contribution >= 0.6 is 0 Å². The number of carbonyl (C=O) groups is 1. The van der Waals surface area contributed by atoms with Crippen LogP contribution in [0.4, 0.5) is 0 Å². The van der Waals surface area contributed by atoms with Crippen molar-refractivity contribution in [3.05, 3.63) is 53.6 Å². The number of rotatable bonds is 8. The number of ether oxygens (including phenoxy) is 3. The average molecular weight is 439 g/mol. The zero-order valence-electron chi connectivity index (χ0n) is 19.4. The third-order valence-electron chi connectivity index (χ3n) is 6.58. The number of benzene rings is 2. The van der Waals surface area contributed by atoms with Crippen molar-refractivity contribution in [3.63, 3.8) is 0 Å². The van der Waals surface area contributed by atoms with Crippen molar-refractivity contribution in [1.29, 1.82) is 0 Å². The molecule has 172 valence electrons. The van der Waals surface area contributed by atoms with Gasteiger partial charge in [0.15, 0.2) is 11.5 Å². The summed E-state index contributed by atoms with van der Waals surface area (Å²) in [6.07, 6.45) is 2.91. The number of carbonyl (C=O) groups excluding carboxylic acids is 1. The summed E-state index contributed by atoms with van der Waals surface area (Å²) < 4.78 is 16.7. The highest BCUT2D eigenvalue weighted by atomic mass is 16.6. The van der Waals surface area contributed by atoms with Gasteiger partial charge in [-0.3, -0.25) is 9.69 Å². The van der Waals surface area contributed by atoms with E-state index in [4.69, 9.17) is 14.2 Å². The number of likely N-dealkylation sites (N-methyl/N-ethyl adjacent to an activating group) is 1. The normalized spacial score (nSPS) is 18.6. The van der Waals surface area contributed by atoms with Crippen molar-refractivity contribution in [1.82, 2.24) is 9.80 Å². The van der Waals surface area contributed by atoms with Gasteiger partial charge in [0.25, 0.3) is 0 Å². The van der Waals surface area contributed by atoms with Gasteiger partial charge in [-0.1, -0.05) is 25.1 Å². The van der Waals surface area contributed by atoms with Crippen molar-refractivity contribution in [2.45, 2.75) is 45.2 Å². The van der Waals surface area contributed by atoms with Crippen LogP contribution < -0.4 is 14.2 Å². The molecule has 1 saturated heterocycles. The van der Waals surface area contributed by atoms with Gasteiger partial charge < -0.3 is 19.1 Å². The lowest BCUT2D eigenvalue weighted by molar-refractivity contribution is -0.133. The fourth-order valence-electron chi connectivity index (χ4n) is 4.75. The SMILES string of the molecule is CCN(CC(=O)N1CCCC1c1ccc2c(c1)OCCO2)C(C)Cc1ccc(OC)cc1. The first-order valence-corrected chi connectivity index (χ1v) is 11.6. The molecule has 0 saturated carbocycles. The van der Waals surface area contributed by atoms with Gasteiger partial charge in [-0.15, -0.1) is 0 Å². The summed E-state index contributed by atoms with van der Waals surface area (Å²) in [7, 11) is 1.68. The van der Waals surface area contributed by atoms with E-state index in [0.29, 0.717) is 19.8 Å². The topological polar surface area (TPSA) is 51.2 Å². The molecule has 2 aromatic rings. The molecule has 32 heavy (non-hydrogen) atoms. The number of fused-ring (bicyclic) bond motifs is 1. The predicted octanol–water partition coefficient (Wildman–Crippen LogP) is 4.08. The first-order valence-electron chi connectivity index (χ1n) is 11.6. The van der Waals surface area contributed by atoms with Gasteiger partial charge in [-0.05, 0) is 68.1 Å². The van der Waals surface area contributed by atoms with Crippen LogP contribution in [-0.4, -0.2) is 61.7 Å². The Labute approximate surface area is 191 Å². The molecule has 0 aliphatic carbocycles. The minimum Gasteiger partial charge on any atom is -0.497 e. The summed E-state index contributed by atoms with van der Waals surface area (Å²) in [4.78, 5) is 17.7. The van der Waals surface area contributed by atoms with Gasteiger partial charge in [-0.25, -0.2) is 0 Å². The molecule has 6 nitrogen and oxygen atoms in total. The molecule has 2 atom stereocenters. The second-order valence-electron chi connectivity index (χ2n) is 8.61. The fraction of sp³-hybridized carbons (Fsp3) is 0.500. The molecular formula is C26H34N2O4. The Kier molecular flexibility index (Phi) is 7.20. The van der Waals surface area contributed by atoms with Crippen LogP contribution in [0.2, 0.25) is 0 Å². The summed E-state index contributed by atoms with van der Waals surface area (Å²) >= 11 is 0. The van der Waals surface area contributed by atoms with E-state index >= 15 is 0 Å². The number of amides is 1. The highest BCUT2D eigenvalue weighted by Crippen LogP contribution is 2.38. The Hall–Kier alpha value is -2.73. The Morgan fingerprint density at radius 2 is 1.91 bits per heavy atom. The van der Waals surface area contributed by atoms with Gasteiger partial charge in [0.2, 0.25) is 5.91 Å². The molecule has 2 aliphatic heterocycles. The van der Waals surface area contributed by atoms with E-state index < -0.39 is 0 Å². The molecular weight excluding hydrogens is 404 g/mol. The molecule has 4 rings (SSSR count). The maximum Gasteiger partial charge on any atom is 0.237 e. The molecule has 0 radical (unpaired) electrons. The Balaban J connectivity index is 1.40. The van der Waals surface area contributed by atoms with Crippen LogP contribution in [0.5, 0.6) is 17.2 Å². The summed E-state index contributed by atoms with van der Waals surface area (Å²) in [5.74, 6) is 2.64. The first kappa shape index (κ1) is 22.5. The van der Waals surface area contributed by atoms with E-state index in [1.807, 2.05) is 23.1 Å². The number of hydrogen-bond acceptors (Lipinski definition) is 5. The number of hydrogen-bond donors (Lipinski definition) is 0. The quantitative estimate of drug-likeness (QED) is 0.622. The lowest BCUT2D eigenvalue weighted by atomic mass is 10.0. The molecule has 2 aliphatic rings. The maximum absolute atomic E-state index is 13.3. The Morgan fingerprint density at radius 3 is 2.62 bits per heavy atom. The maximum atomic E-state index is 13.3. The molecule has 6 heteroatoms. The van der Waals surface area contributed by atoms with Crippen LogP contribution in [0.1, 0.15) is 43.9 Å². The lowest BCUT2D eigenvalue weighted by Gasteiger charge is -2.32. The van der Waals surface area contributed by atoms with Gasteiger partial charge >= 0.3 is 0 Å². The second-order valence-corrected chi connectivity index (χ2v) is 8.61. The highest BCUT2D eigenvalue weighted by molar-refractivity contribution is 5.79. The number of methoxy groups -OCH3 is 1. The lowest BCUT2D eigenvalue weighted by Crippen LogP contribution is -2.44. The zero-order chi connectivity index (χ0) is 22.5. The minimum absolute atomic E-state index is 0.105. The minimum atomic E-state index is 0.105. The summed E-state index contributed by atoms with van der Waals surface area (Å²) in [6.45, 7) is 7.56. The fourth-order valence-corrected chi connectivity index (χ4v) is 4.75. The summed E-state index contributed by atoms with van der Waals surface area (Å²) in [5.41, 5.74) is 2.38. The number of likely N-dealkylation sites (tertiary alicyclic amines) is 1. The van der Waals surface area contributed by atoms with Crippen molar-refractivity contribution < 1.29 is 19.0 Å². The molecule has 0 N–H and O–H groups in total. The average Bonchev–Trinajstić information content (AvgIpc) is 3.32. The van der Waals surface area contributed by atoms with Crippen molar-refractivity contribution >= 4 is 5.91 Å². The third kappa shape index (κ3) is 5.01. The van der Waals surface area contributed by atoms with Gasteiger partial charge in [0, 0.05) is 12.6 Å². The van der Waals surface area contributed by atoms with E-state index in [-0.39, 0.29) is 18.0 Å². The molecule has 0 spiro atoms. The van der Waals surface area contributed by atoms with Crippen LogP contribution in [-0.2, 0) is 11.2 Å². The molecule has 0 aromatic heterocycles. The van der Waals surface area contributed by atoms with E-state index in [2.05, 4.69) is 43.0 Å². The zero-order valence-corrected chi connectivity index (χ0v) is 19.4. The monoisotopic (exact) mass is 438 g/mol. The van der Waals surface area contributed by atoms with E-state index in [1.165, 1.54) is 5.56 Å². The van der Waals surface area contributed by atoms with Crippen molar-refractivity contribution in [2.24, 2.45) is 0 Å². The third-order valence-corrected chi connectivity index (χ3v) is 6.58. The largest absolute Gasteiger partial charge is 0.497 e. The first-order chi connectivity index (χ1) is 15.6. The smallest absolute Gasteiger partial charge is 0.237 e. The number of nitrogens with zero attached hydrogens (tertiary/aromatic N) is 2. The van der Waals surface area contributed by atoms with E-state index in [1.54, 1.807) is 7.11 Å². The van der Waals surface area contributed by atoms with Gasteiger partial charge in [0.05, 0.1) is 19.7 Å². The van der Waals surface area contributed by atoms with Gasteiger partial charge in [-0.2, -0.15) is 0 Å². The summed E-state index contributed by atoms with van der Waals surface area (Å²) in [6, 6.07) is 14.7. The van der Waals surface area contributed by atoms with Crippen molar-refractivity contribution in [3.8, 4) is 17.2 Å². The van der Waals surface area contributed by atoms with Crippen LogP contribution in [0.25, 0.3) is 0 Å². The highest BCUT2D eigenvalue weighted by Gasteiger charge is 2.32. The van der Waals surface area contributed by atoms with Crippen molar-refractivity contribution in [2.75, 3.05) is 40.0 Å². The Morgan fingerprint density at radius 1 is 1.16 bits per heavy atom. The summed E-state index contributed by atoms with van der Waals surface area (Å²) in [5, 5.41) is 0. The molecule has 1 amide bonds. The molecule has 2 aromatic carbocycles. The van der Waals surface area contributed by atoms with E-state index in [9.17, 15) is 4.79 Å². The second kappa shape index (κ2) is 10.3. The van der Waals surface area contributed by atoms with Crippen LogP contribution in [0.3, 0.4) is 0 Å². The molecule has 2 heterocycles. The standard InChI is InChI=1S/C26H34N2O4/c1-4-27(19(2)16-20-7-10-22(30-3)11-8-20)18-26(29)28-13-5-6-23(28)21-9-12-24-25(17-21)32-15-14-31-24/h7-12,17,19,23H,4-6,13-16,18H2,1-3H3. The van der Waals surface area contributed by atoms with Gasteiger partial charge in [0.1, 0.15) is 19.0 Å². The molecule has 1 fully saturated rings. The molecule has 2 unspecified atom stereocenters. The van der Waals surface area contributed by atoms with E-state index in [0.717, 1.165) is 55.2 Å². The Bertz CT molecular complexity index is 915. The van der Waals surface area contributed by atoms with Crippen LogP contribution in [0, 0.1) is 0 Å².